The molecule has 0 spiro atoms. The van der Waals surface area contributed by atoms with E-state index in [4.69, 9.17) is 5.11 Å². The van der Waals surface area contributed by atoms with Crippen LogP contribution in [0.2, 0.25) is 0 Å². The number of aromatic carboxylic acids is 1. The molecule has 0 aromatic carbocycles. The van der Waals surface area contributed by atoms with E-state index in [0.29, 0.717) is 0 Å². The number of carbonyl (C=O) groups is 1. The molecule has 0 aliphatic rings. The monoisotopic (exact) mass is 260 g/mol. The summed E-state index contributed by atoms with van der Waals surface area (Å²) in [5, 5.41) is 19.3. The van der Waals surface area contributed by atoms with Crippen LogP contribution in [0.25, 0.3) is 0 Å². The molecule has 1 heterocycles. The summed E-state index contributed by atoms with van der Waals surface area (Å²) >= 11 is 2.99. The fourth-order valence-corrected chi connectivity index (χ4v) is 1.52. The first-order chi connectivity index (χ1) is 6.57. The molecule has 0 saturated carbocycles. The zero-order valence-electron chi connectivity index (χ0n) is 6.81. The maximum Gasteiger partial charge on any atom is 0.355 e. The number of nitro groups is 1. The highest BCUT2D eigenvalue weighted by molar-refractivity contribution is 9.08. The highest BCUT2D eigenvalue weighted by atomic mass is 79.9. The van der Waals surface area contributed by atoms with E-state index in [1.54, 1.807) is 0 Å². The Kier molecular flexibility index (Phi) is 3.13. The number of carboxylic acid groups (broad SMARTS) is 1. The van der Waals surface area contributed by atoms with E-state index in [-0.39, 0.29) is 22.3 Å². The minimum absolute atomic E-state index is 0.0741. The lowest BCUT2D eigenvalue weighted by Crippen LogP contribution is -2.07. The molecule has 0 atom stereocenters. The first kappa shape index (κ1) is 10.6. The molecule has 0 aliphatic heterocycles. The second-order valence-electron chi connectivity index (χ2n) is 2.35. The molecule has 74 valence electrons. The van der Waals surface area contributed by atoms with Crippen molar-refractivity contribution in [3.05, 3.63) is 33.6 Å². The second kappa shape index (κ2) is 4.14. The first-order valence-electron chi connectivity index (χ1n) is 3.49. The Hall–Kier alpha value is -1.50. The molecule has 0 amide bonds. The van der Waals surface area contributed by atoms with Crippen LogP contribution in [-0.2, 0) is 5.33 Å². The first-order valence-corrected chi connectivity index (χ1v) is 4.61. The Morgan fingerprint density at radius 1 is 1.71 bits per heavy atom. The molecule has 0 aliphatic carbocycles. The summed E-state index contributed by atoms with van der Waals surface area (Å²) in [6.07, 6.45) is 1.10. The Morgan fingerprint density at radius 2 is 2.36 bits per heavy atom. The van der Waals surface area contributed by atoms with Crippen LogP contribution in [0.4, 0.5) is 5.69 Å². The molecular formula is C7H5BrN2O4. The SMILES string of the molecule is O=C(O)c1nccc([N+](=O)[O-])c1CBr. The Balaban J connectivity index is 3.39. The van der Waals surface area contributed by atoms with Crippen LogP contribution < -0.4 is 0 Å². The quantitative estimate of drug-likeness (QED) is 0.506. The van der Waals surface area contributed by atoms with Crippen molar-refractivity contribution in [3.63, 3.8) is 0 Å². The molecule has 6 nitrogen and oxygen atoms in total. The number of aromatic nitrogens is 1. The zero-order valence-corrected chi connectivity index (χ0v) is 8.39. The van der Waals surface area contributed by atoms with Crippen molar-refractivity contribution in [2.24, 2.45) is 0 Å². The van der Waals surface area contributed by atoms with Gasteiger partial charge < -0.3 is 5.11 Å². The summed E-state index contributed by atoms with van der Waals surface area (Å²) in [5.41, 5.74) is -0.463. The average molecular weight is 261 g/mol. The Labute approximate surface area is 86.9 Å². The molecule has 1 N–H and O–H groups in total. The van der Waals surface area contributed by atoms with Gasteiger partial charge in [-0.25, -0.2) is 9.78 Å². The standard InChI is InChI=1S/C7H5BrN2O4/c8-3-4-5(10(13)14)1-2-9-6(4)7(11)12/h1-2H,3H2,(H,11,12). The van der Waals surface area contributed by atoms with E-state index in [1.165, 1.54) is 6.07 Å². The summed E-state index contributed by atoms with van der Waals surface area (Å²) < 4.78 is 0. The molecule has 1 rings (SSSR count). The van der Waals surface area contributed by atoms with Crippen LogP contribution in [0.15, 0.2) is 12.3 Å². The topological polar surface area (TPSA) is 93.3 Å². The third-order valence-corrected chi connectivity index (χ3v) is 2.12. The molecule has 1 aromatic rings. The summed E-state index contributed by atoms with van der Waals surface area (Å²) in [5.74, 6) is -1.27. The number of pyridine rings is 1. The minimum Gasteiger partial charge on any atom is -0.476 e. The third-order valence-electron chi connectivity index (χ3n) is 1.56. The maximum absolute atomic E-state index is 10.6. The molecular weight excluding hydrogens is 256 g/mol. The maximum atomic E-state index is 10.6. The summed E-state index contributed by atoms with van der Waals surface area (Å²) in [6, 6.07) is 1.17. The molecule has 7 heteroatoms. The van der Waals surface area contributed by atoms with E-state index in [9.17, 15) is 14.9 Å². The van der Waals surface area contributed by atoms with Crippen LogP contribution in [-0.4, -0.2) is 21.0 Å². The van der Waals surface area contributed by atoms with Crippen LogP contribution in [0.5, 0.6) is 0 Å². The van der Waals surface area contributed by atoms with Gasteiger partial charge in [-0.15, -0.1) is 0 Å². The van der Waals surface area contributed by atoms with Gasteiger partial charge in [0.2, 0.25) is 0 Å². The highest BCUT2D eigenvalue weighted by Crippen LogP contribution is 2.22. The van der Waals surface area contributed by atoms with Gasteiger partial charge in [0, 0.05) is 17.6 Å². The van der Waals surface area contributed by atoms with Crippen molar-refractivity contribution in [1.29, 1.82) is 0 Å². The lowest BCUT2D eigenvalue weighted by atomic mass is 10.2. The van der Waals surface area contributed by atoms with E-state index in [0.717, 1.165) is 6.20 Å². The molecule has 14 heavy (non-hydrogen) atoms. The largest absolute Gasteiger partial charge is 0.476 e. The van der Waals surface area contributed by atoms with Crippen LogP contribution in [0.1, 0.15) is 16.1 Å². The van der Waals surface area contributed by atoms with E-state index < -0.39 is 10.9 Å². The van der Waals surface area contributed by atoms with Gasteiger partial charge in [0.25, 0.3) is 5.69 Å². The van der Waals surface area contributed by atoms with Gasteiger partial charge in [-0.1, -0.05) is 15.9 Å². The number of nitrogens with zero attached hydrogens (tertiary/aromatic N) is 2. The van der Waals surface area contributed by atoms with Crippen LogP contribution in [0, 0.1) is 10.1 Å². The van der Waals surface area contributed by atoms with Crippen molar-refractivity contribution in [3.8, 4) is 0 Å². The smallest absolute Gasteiger partial charge is 0.355 e. The molecule has 0 bridgehead atoms. The number of hydrogen-bond acceptors (Lipinski definition) is 4. The number of hydrogen-bond donors (Lipinski definition) is 1. The summed E-state index contributed by atoms with van der Waals surface area (Å²) in [7, 11) is 0. The van der Waals surface area contributed by atoms with Gasteiger partial charge in [-0.3, -0.25) is 10.1 Å². The molecule has 1 aromatic heterocycles. The summed E-state index contributed by atoms with van der Waals surface area (Å²) in [6.45, 7) is 0. The van der Waals surface area contributed by atoms with Gasteiger partial charge in [-0.2, -0.15) is 0 Å². The number of rotatable bonds is 3. The van der Waals surface area contributed by atoms with Crippen LogP contribution >= 0.6 is 15.9 Å². The summed E-state index contributed by atoms with van der Waals surface area (Å²) in [4.78, 5) is 24.1. The van der Waals surface area contributed by atoms with Crippen molar-refractivity contribution < 1.29 is 14.8 Å². The van der Waals surface area contributed by atoms with E-state index in [1.807, 2.05) is 0 Å². The van der Waals surface area contributed by atoms with Crippen molar-refractivity contribution in [1.82, 2.24) is 4.98 Å². The molecule has 0 fully saturated rings. The van der Waals surface area contributed by atoms with Gasteiger partial charge >= 0.3 is 5.97 Å². The van der Waals surface area contributed by atoms with Gasteiger partial charge in [-0.05, 0) is 0 Å². The predicted molar refractivity (Wildman–Crippen MR) is 50.5 cm³/mol. The van der Waals surface area contributed by atoms with Crippen molar-refractivity contribution >= 4 is 27.6 Å². The fourth-order valence-electron chi connectivity index (χ4n) is 0.969. The minimum atomic E-state index is -1.27. The zero-order chi connectivity index (χ0) is 10.7. The van der Waals surface area contributed by atoms with E-state index in [2.05, 4.69) is 20.9 Å². The number of carboxylic acids is 1. The van der Waals surface area contributed by atoms with Gasteiger partial charge in [0.05, 0.1) is 10.5 Å². The number of alkyl halides is 1. The predicted octanol–water partition coefficient (Wildman–Crippen LogP) is 1.58. The molecule has 0 unspecified atom stereocenters. The lowest BCUT2D eigenvalue weighted by Gasteiger charge is -2.01. The fraction of sp³-hybridized carbons (Fsp3) is 0.143. The Bertz CT molecular complexity index is 361. The van der Waals surface area contributed by atoms with Gasteiger partial charge in [0.1, 0.15) is 0 Å². The molecule has 0 saturated heterocycles. The normalized spacial score (nSPS) is 9.79. The van der Waals surface area contributed by atoms with Crippen molar-refractivity contribution in [2.75, 3.05) is 0 Å². The van der Waals surface area contributed by atoms with Crippen molar-refractivity contribution in [2.45, 2.75) is 5.33 Å². The molecule has 0 radical (unpaired) electrons. The highest BCUT2D eigenvalue weighted by Gasteiger charge is 2.21. The number of halogens is 1. The van der Waals surface area contributed by atoms with Crippen LogP contribution in [0.3, 0.4) is 0 Å². The van der Waals surface area contributed by atoms with E-state index >= 15 is 0 Å². The Morgan fingerprint density at radius 3 is 2.79 bits per heavy atom. The second-order valence-corrected chi connectivity index (χ2v) is 2.91. The lowest BCUT2D eigenvalue weighted by molar-refractivity contribution is -0.385. The van der Waals surface area contributed by atoms with Gasteiger partial charge in [0.15, 0.2) is 5.69 Å². The average Bonchev–Trinajstić information content (AvgIpc) is 2.16. The third kappa shape index (κ3) is 1.87.